The fraction of sp³-hybridized carbons (Fsp3) is 0.0833. The minimum Gasteiger partial charge on any atom is -0.439 e. The lowest BCUT2D eigenvalue weighted by Gasteiger charge is -2.16. The van der Waals surface area contributed by atoms with Gasteiger partial charge in [0.05, 0.1) is 5.52 Å². The zero-order chi connectivity index (χ0) is 23.5. The van der Waals surface area contributed by atoms with Crippen LogP contribution in [0.3, 0.4) is 0 Å². The molecule has 1 N–H and O–H groups in total. The highest BCUT2D eigenvalue weighted by atomic mass is 16.5. The molecule has 5 aromatic rings. The molecule has 34 heavy (non-hydrogen) atoms. The number of benzene rings is 2. The standard InChI is InChI=1S/C24H18N8O2/c1-3-4-23(33)31(2)17-7-10-20-19(11-17)24(26-13-25-20)29-16-5-8-18(9-6-16)34-22-12-21-30-28-15-32(21)14-27-22/h5-15H,1-2H3,(H,25,26,29). The molecule has 2 aromatic carbocycles. The highest BCUT2D eigenvalue weighted by Crippen LogP contribution is 2.28. The lowest BCUT2D eigenvalue weighted by Crippen LogP contribution is -2.24. The summed E-state index contributed by atoms with van der Waals surface area (Å²) in [6, 6.07) is 14.6. The fourth-order valence-electron chi connectivity index (χ4n) is 3.29. The Hall–Kier alpha value is -5.04. The lowest BCUT2D eigenvalue weighted by molar-refractivity contribution is -0.113. The van der Waals surface area contributed by atoms with Crippen molar-refractivity contribution in [2.75, 3.05) is 17.3 Å². The monoisotopic (exact) mass is 450 g/mol. The Morgan fingerprint density at radius 3 is 2.74 bits per heavy atom. The van der Waals surface area contributed by atoms with E-state index in [9.17, 15) is 4.79 Å². The molecule has 0 aliphatic carbocycles. The molecular formula is C24H18N8O2. The third-order valence-corrected chi connectivity index (χ3v) is 5.04. The molecule has 0 atom stereocenters. The third-order valence-electron chi connectivity index (χ3n) is 5.04. The Bertz CT molecular complexity index is 1570. The maximum atomic E-state index is 12.2. The molecule has 3 aromatic heterocycles. The van der Waals surface area contributed by atoms with Gasteiger partial charge in [-0.05, 0) is 55.3 Å². The molecule has 0 aliphatic rings. The van der Waals surface area contributed by atoms with Gasteiger partial charge in [0, 0.05) is 29.9 Å². The Kier molecular flexibility index (Phi) is 5.42. The first-order chi connectivity index (χ1) is 16.6. The van der Waals surface area contributed by atoms with Crippen molar-refractivity contribution in [1.29, 1.82) is 0 Å². The number of amides is 1. The molecule has 0 spiro atoms. The number of ether oxygens (including phenoxy) is 1. The van der Waals surface area contributed by atoms with Crippen molar-refractivity contribution in [2.45, 2.75) is 6.92 Å². The molecule has 0 radical (unpaired) electrons. The summed E-state index contributed by atoms with van der Waals surface area (Å²) in [7, 11) is 1.68. The molecule has 5 rings (SSSR count). The van der Waals surface area contributed by atoms with Crippen LogP contribution in [-0.4, -0.2) is 42.5 Å². The van der Waals surface area contributed by atoms with Crippen LogP contribution in [0.1, 0.15) is 6.92 Å². The molecule has 0 bridgehead atoms. The summed E-state index contributed by atoms with van der Waals surface area (Å²) in [6.45, 7) is 1.63. The summed E-state index contributed by atoms with van der Waals surface area (Å²) in [5.41, 5.74) is 2.89. The number of rotatable bonds is 5. The topological polar surface area (TPSA) is 110 Å². The van der Waals surface area contributed by atoms with Gasteiger partial charge in [-0.1, -0.05) is 5.92 Å². The largest absolute Gasteiger partial charge is 0.439 e. The van der Waals surface area contributed by atoms with Crippen LogP contribution in [0.15, 0.2) is 67.5 Å². The van der Waals surface area contributed by atoms with Crippen molar-refractivity contribution >= 4 is 39.6 Å². The number of hydrogen-bond donors (Lipinski definition) is 1. The van der Waals surface area contributed by atoms with Crippen LogP contribution in [0, 0.1) is 11.8 Å². The van der Waals surface area contributed by atoms with Crippen LogP contribution in [0.25, 0.3) is 16.6 Å². The molecule has 3 heterocycles. The predicted octanol–water partition coefficient (Wildman–Crippen LogP) is 3.59. The van der Waals surface area contributed by atoms with E-state index in [1.165, 1.54) is 11.2 Å². The van der Waals surface area contributed by atoms with Gasteiger partial charge >= 0.3 is 5.91 Å². The molecule has 0 unspecified atom stereocenters. The lowest BCUT2D eigenvalue weighted by atomic mass is 10.2. The maximum absolute atomic E-state index is 12.2. The van der Waals surface area contributed by atoms with E-state index in [4.69, 9.17) is 4.74 Å². The molecule has 0 saturated heterocycles. The van der Waals surface area contributed by atoms with Gasteiger partial charge in [-0.25, -0.2) is 15.0 Å². The first-order valence-corrected chi connectivity index (χ1v) is 10.3. The summed E-state index contributed by atoms with van der Waals surface area (Å²) in [4.78, 5) is 26.6. The molecule has 0 fully saturated rings. The van der Waals surface area contributed by atoms with Gasteiger partial charge < -0.3 is 15.0 Å². The minimum atomic E-state index is -0.290. The van der Waals surface area contributed by atoms with Gasteiger partial charge in [-0.3, -0.25) is 9.20 Å². The zero-order valence-corrected chi connectivity index (χ0v) is 18.3. The summed E-state index contributed by atoms with van der Waals surface area (Å²) in [5, 5.41) is 11.9. The van der Waals surface area contributed by atoms with E-state index in [0.29, 0.717) is 28.8 Å². The SMILES string of the molecule is CC#CC(=O)N(C)c1ccc2ncnc(Nc3ccc(Oc4cc5nncn5cn4)cc3)c2c1. The van der Waals surface area contributed by atoms with Crippen molar-refractivity contribution in [3.63, 3.8) is 0 Å². The number of carbonyl (C=O) groups excluding carboxylic acids is 1. The summed E-state index contributed by atoms with van der Waals surface area (Å²) in [5.74, 6) is 6.53. The Morgan fingerprint density at radius 1 is 1.06 bits per heavy atom. The average Bonchev–Trinajstić information content (AvgIpc) is 3.33. The predicted molar refractivity (Wildman–Crippen MR) is 127 cm³/mol. The third kappa shape index (κ3) is 4.18. The number of aromatic nitrogens is 6. The minimum absolute atomic E-state index is 0.290. The molecule has 10 nitrogen and oxygen atoms in total. The van der Waals surface area contributed by atoms with Gasteiger partial charge in [0.2, 0.25) is 5.88 Å². The van der Waals surface area contributed by atoms with E-state index in [-0.39, 0.29) is 5.91 Å². The van der Waals surface area contributed by atoms with Crippen molar-refractivity contribution in [1.82, 2.24) is 29.5 Å². The van der Waals surface area contributed by atoms with E-state index < -0.39 is 0 Å². The van der Waals surface area contributed by atoms with Crippen LogP contribution in [0.2, 0.25) is 0 Å². The first-order valence-electron chi connectivity index (χ1n) is 10.3. The van der Waals surface area contributed by atoms with Gasteiger partial charge in [0.1, 0.15) is 30.5 Å². The number of hydrogen-bond acceptors (Lipinski definition) is 8. The van der Waals surface area contributed by atoms with E-state index in [2.05, 4.69) is 42.3 Å². The van der Waals surface area contributed by atoms with E-state index in [1.54, 1.807) is 37.1 Å². The van der Waals surface area contributed by atoms with Gasteiger partial charge in [0.25, 0.3) is 0 Å². The summed E-state index contributed by atoms with van der Waals surface area (Å²) < 4.78 is 7.52. The van der Waals surface area contributed by atoms with Gasteiger partial charge in [0.15, 0.2) is 5.65 Å². The van der Waals surface area contributed by atoms with Gasteiger partial charge in [-0.15, -0.1) is 10.2 Å². The highest BCUT2D eigenvalue weighted by Gasteiger charge is 2.12. The number of nitrogens with one attached hydrogen (secondary N) is 1. The number of anilines is 3. The van der Waals surface area contributed by atoms with E-state index in [0.717, 1.165) is 16.6 Å². The number of carbonyl (C=O) groups is 1. The summed E-state index contributed by atoms with van der Waals surface area (Å²) >= 11 is 0. The van der Waals surface area contributed by atoms with Crippen LogP contribution >= 0.6 is 0 Å². The Morgan fingerprint density at radius 2 is 1.91 bits per heavy atom. The maximum Gasteiger partial charge on any atom is 0.302 e. The second kappa shape index (κ2) is 8.84. The number of nitrogens with zero attached hydrogens (tertiary/aromatic N) is 7. The van der Waals surface area contributed by atoms with Crippen molar-refractivity contribution in [2.24, 2.45) is 0 Å². The normalized spacial score (nSPS) is 10.5. The smallest absolute Gasteiger partial charge is 0.302 e. The first kappa shape index (κ1) is 20.8. The van der Waals surface area contributed by atoms with Crippen molar-refractivity contribution < 1.29 is 9.53 Å². The number of fused-ring (bicyclic) bond motifs is 2. The van der Waals surface area contributed by atoms with Crippen molar-refractivity contribution in [3.8, 4) is 23.5 Å². The van der Waals surface area contributed by atoms with E-state index >= 15 is 0 Å². The van der Waals surface area contributed by atoms with Crippen LogP contribution in [0.4, 0.5) is 17.2 Å². The van der Waals surface area contributed by atoms with Crippen LogP contribution < -0.4 is 15.0 Å². The summed E-state index contributed by atoms with van der Waals surface area (Å²) in [6.07, 6.45) is 4.65. The fourth-order valence-corrected chi connectivity index (χ4v) is 3.29. The highest BCUT2D eigenvalue weighted by molar-refractivity contribution is 6.06. The average molecular weight is 450 g/mol. The molecule has 1 amide bonds. The Labute approximate surface area is 194 Å². The van der Waals surface area contributed by atoms with Crippen LogP contribution in [0.5, 0.6) is 11.6 Å². The second-order valence-corrected chi connectivity index (χ2v) is 7.24. The molecule has 0 saturated carbocycles. The van der Waals surface area contributed by atoms with Gasteiger partial charge in [-0.2, -0.15) is 0 Å². The zero-order valence-electron chi connectivity index (χ0n) is 18.3. The molecule has 166 valence electrons. The van der Waals surface area contributed by atoms with Crippen molar-refractivity contribution in [3.05, 3.63) is 67.5 Å². The Balaban J connectivity index is 1.37. The van der Waals surface area contributed by atoms with Crippen LogP contribution in [-0.2, 0) is 4.79 Å². The molecule has 10 heteroatoms. The molecule has 0 aliphatic heterocycles. The molecular weight excluding hydrogens is 432 g/mol. The quantitative estimate of drug-likeness (QED) is 0.405. The second-order valence-electron chi connectivity index (χ2n) is 7.24. The van der Waals surface area contributed by atoms with E-state index in [1.807, 2.05) is 42.5 Å².